The molecule has 0 amide bonds. The van der Waals surface area contributed by atoms with Crippen LogP contribution < -0.4 is 0 Å². The number of hydrogen-bond donors (Lipinski definition) is 12. The zero-order chi connectivity index (χ0) is 24.6. The van der Waals surface area contributed by atoms with Crippen molar-refractivity contribution >= 4 is 41.6 Å². The molecule has 0 spiro atoms. The Hall–Kier alpha value is -0.680. The molecule has 12 N–H and O–H groups in total. The summed E-state index contributed by atoms with van der Waals surface area (Å²) in [5.41, 5.74) is 0. The van der Waals surface area contributed by atoms with Gasteiger partial charge in [0, 0.05) is 0 Å². The van der Waals surface area contributed by atoms with Crippen molar-refractivity contribution in [2.45, 2.75) is 12.2 Å². The van der Waals surface area contributed by atoms with Crippen LogP contribution in [0.3, 0.4) is 0 Å². The lowest BCUT2D eigenvalue weighted by Gasteiger charge is -2.10. The predicted molar refractivity (Wildman–Crippen MR) is 82.9 cm³/mol. The van der Waals surface area contributed by atoms with Crippen LogP contribution in [0, 0.1) is 0 Å². The average Bonchev–Trinajstić information content (AvgIpc) is 2.28. The van der Waals surface area contributed by atoms with Crippen LogP contribution in [0.1, 0.15) is 0 Å². The summed E-state index contributed by atoms with van der Waals surface area (Å²) in [7, 11) is -18.7. The zero-order valence-corrected chi connectivity index (χ0v) is 16.1. The molecule has 2 unspecified atom stereocenters. The number of aliphatic hydroxyl groups excluding tert-OH is 4. The Labute approximate surface area is 158 Å². The first-order valence-corrected chi connectivity index (χ1v) is 10.7. The minimum absolute atomic E-state index is 0.526. The Balaban J connectivity index is -0.0000000802. The van der Waals surface area contributed by atoms with Crippen molar-refractivity contribution in [2.75, 3.05) is 13.2 Å². The van der Waals surface area contributed by atoms with Crippen molar-refractivity contribution in [1.82, 2.24) is 0 Å². The van der Waals surface area contributed by atoms with E-state index in [1.807, 2.05) is 0 Å². The maximum Gasteiger partial charge on any atom is 0.394 e. The quantitative estimate of drug-likeness (QED) is 0.157. The van der Waals surface area contributed by atoms with Gasteiger partial charge in [-0.25, -0.2) is 0 Å². The van der Waals surface area contributed by atoms with E-state index in [1.54, 1.807) is 0 Å². The molecule has 0 rings (SSSR count). The summed E-state index contributed by atoms with van der Waals surface area (Å²) in [5, 5.41) is 33.2. The highest BCUT2D eigenvalue weighted by atomic mass is 32.3. The molecule has 0 bridgehead atoms. The molecule has 24 heteroatoms. The van der Waals surface area contributed by atoms with E-state index in [0.717, 1.165) is 0 Å². The van der Waals surface area contributed by atoms with Crippen LogP contribution in [0.25, 0.3) is 0 Å². The molecule has 0 saturated carbocycles. The van der Waals surface area contributed by atoms with Gasteiger partial charge in [0.05, 0.1) is 13.2 Å². The van der Waals surface area contributed by atoms with Crippen LogP contribution in [0.2, 0.25) is 0 Å². The maximum absolute atomic E-state index is 8.74. The first kappa shape index (κ1) is 38.0. The van der Waals surface area contributed by atoms with Gasteiger partial charge in [0.1, 0.15) is 12.2 Å². The second-order valence-corrected chi connectivity index (χ2v) is 6.87. The third-order valence-electron chi connectivity index (χ3n) is 0.818. The molecule has 0 fully saturated rings. The Morgan fingerprint density at radius 2 is 0.500 bits per heavy atom. The Morgan fingerprint density at radius 3 is 0.536 bits per heavy atom. The van der Waals surface area contributed by atoms with Gasteiger partial charge >= 0.3 is 41.6 Å². The van der Waals surface area contributed by atoms with Crippen LogP contribution in [-0.2, 0) is 41.6 Å². The summed E-state index contributed by atoms with van der Waals surface area (Å²) in [6.45, 7) is -1.05. The molecule has 178 valence electrons. The molecule has 0 aliphatic carbocycles. The van der Waals surface area contributed by atoms with E-state index in [1.165, 1.54) is 0 Å². The summed E-state index contributed by atoms with van der Waals surface area (Å²) >= 11 is 0. The van der Waals surface area contributed by atoms with Crippen molar-refractivity contribution in [1.29, 1.82) is 0 Å². The molecule has 0 aromatic carbocycles. The van der Waals surface area contributed by atoms with Crippen LogP contribution in [0.5, 0.6) is 0 Å². The van der Waals surface area contributed by atoms with E-state index < -0.39 is 67.0 Å². The van der Waals surface area contributed by atoms with Crippen molar-refractivity contribution in [2.24, 2.45) is 0 Å². The first-order valence-electron chi connectivity index (χ1n) is 5.09. The summed E-state index contributed by atoms with van der Waals surface area (Å²) in [6.07, 6.45) is -2.44. The Bertz CT molecular complexity index is 596. The lowest BCUT2D eigenvalue weighted by atomic mass is 10.2. The lowest BCUT2D eigenvalue weighted by molar-refractivity contribution is -0.0388. The third kappa shape index (κ3) is 279. The molecule has 28 heavy (non-hydrogen) atoms. The highest BCUT2D eigenvalue weighted by Crippen LogP contribution is 1.88. The number of aliphatic hydroxyl groups is 4. The van der Waals surface area contributed by atoms with Crippen LogP contribution >= 0.6 is 0 Å². The highest BCUT2D eigenvalue weighted by Gasteiger charge is 2.12. The molecule has 0 radical (unpaired) electrons. The van der Waals surface area contributed by atoms with E-state index in [9.17, 15) is 0 Å². The molecule has 20 nitrogen and oxygen atoms in total. The van der Waals surface area contributed by atoms with Crippen LogP contribution in [-0.4, -0.2) is 116 Å². The molecule has 2 atom stereocenters. The molecule has 0 saturated heterocycles. The first-order chi connectivity index (χ1) is 11.7. The third-order valence-corrected chi connectivity index (χ3v) is 0.818. The monoisotopic (exact) mass is 514 g/mol. The number of rotatable bonds is 3. The van der Waals surface area contributed by atoms with Gasteiger partial charge in [0.2, 0.25) is 0 Å². The molecule has 0 aliphatic heterocycles. The Morgan fingerprint density at radius 1 is 0.429 bits per heavy atom. The lowest BCUT2D eigenvalue weighted by Crippen LogP contribution is -2.31. The van der Waals surface area contributed by atoms with E-state index in [4.69, 9.17) is 90.5 Å². The fourth-order valence-corrected chi connectivity index (χ4v) is 0.243. The van der Waals surface area contributed by atoms with Crippen molar-refractivity contribution < 1.29 is 90.5 Å². The minimum atomic E-state index is -4.67. The summed E-state index contributed by atoms with van der Waals surface area (Å²) in [4.78, 5) is 0. The second kappa shape index (κ2) is 17.2. The van der Waals surface area contributed by atoms with Gasteiger partial charge in [0.25, 0.3) is 0 Å². The smallest absolute Gasteiger partial charge is 0.394 e. The van der Waals surface area contributed by atoms with E-state index >= 15 is 0 Å². The summed E-state index contributed by atoms with van der Waals surface area (Å²) in [6, 6.07) is 0. The van der Waals surface area contributed by atoms with E-state index in [-0.39, 0.29) is 0 Å². The van der Waals surface area contributed by atoms with Gasteiger partial charge in [-0.3, -0.25) is 36.4 Å². The molecule has 0 aromatic heterocycles. The second-order valence-electron chi connectivity index (χ2n) is 3.29. The van der Waals surface area contributed by atoms with Gasteiger partial charge in [-0.1, -0.05) is 0 Å². The normalized spacial score (nSPS) is 13.4. The standard InChI is InChI=1S/C4H10O4.4H2O4S/c5-1-3(7)4(8)2-6;4*1-5(2,3)4/h3-8H,1-2H2;4*(H2,1,2,3,4). The highest BCUT2D eigenvalue weighted by molar-refractivity contribution is 7.80. The largest absolute Gasteiger partial charge is 0.394 e. The van der Waals surface area contributed by atoms with Gasteiger partial charge < -0.3 is 20.4 Å². The van der Waals surface area contributed by atoms with Crippen molar-refractivity contribution in [3.63, 3.8) is 0 Å². The van der Waals surface area contributed by atoms with E-state index in [0.29, 0.717) is 0 Å². The zero-order valence-electron chi connectivity index (χ0n) is 12.8. The van der Waals surface area contributed by atoms with Gasteiger partial charge in [-0.05, 0) is 0 Å². The van der Waals surface area contributed by atoms with Gasteiger partial charge in [0.15, 0.2) is 0 Å². The maximum atomic E-state index is 8.74. The minimum Gasteiger partial charge on any atom is -0.394 e. The average molecular weight is 514 g/mol. The van der Waals surface area contributed by atoms with E-state index in [2.05, 4.69) is 0 Å². The SMILES string of the molecule is O=S(=O)(O)O.O=S(=O)(O)O.O=S(=O)(O)O.O=S(=O)(O)O.OCC(O)C(O)CO. The molecule has 0 aromatic rings. The summed E-state index contributed by atoms with van der Waals surface area (Å²) < 4.78 is 126. The fourth-order valence-electron chi connectivity index (χ4n) is 0.243. The van der Waals surface area contributed by atoms with Gasteiger partial charge in [-0.15, -0.1) is 0 Å². The topological polar surface area (TPSA) is 379 Å². The molecular formula is C4H18O20S4. The van der Waals surface area contributed by atoms with Crippen molar-refractivity contribution in [3.05, 3.63) is 0 Å². The fraction of sp³-hybridized carbons (Fsp3) is 1.00. The molecular weight excluding hydrogens is 496 g/mol. The predicted octanol–water partition coefficient (Wildman–Crippen LogP) is -4.92. The van der Waals surface area contributed by atoms with Crippen molar-refractivity contribution in [3.8, 4) is 0 Å². The Kier molecular flexibility index (Phi) is 23.3. The van der Waals surface area contributed by atoms with Gasteiger partial charge in [-0.2, -0.15) is 33.7 Å². The molecule has 0 aliphatic rings. The van der Waals surface area contributed by atoms with Crippen LogP contribution in [0.4, 0.5) is 0 Å². The number of hydrogen-bond acceptors (Lipinski definition) is 12. The molecule has 0 heterocycles. The summed E-state index contributed by atoms with van der Waals surface area (Å²) in [5.74, 6) is 0. The van der Waals surface area contributed by atoms with Crippen LogP contribution in [0.15, 0.2) is 0 Å².